The van der Waals surface area contributed by atoms with Gasteiger partial charge >= 0.3 is 0 Å². The van der Waals surface area contributed by atoms with Crippen LogP contribution in [0.25, 0.3) is 0 Å². The van der Waals surface area contributed by atoms with Gasteiger partial charge in [-0.1, -0.05) is 30.3 Å². The molecule has 2 aromatic carbocycles. The highest BCUT2D eigenvalue weighted by molar-refractivity contribution is 5.79. The van der Waals surface area contributed by atoms with Crippen LogP contribution in [0, 0.1) is 0 Å². The van der Waals surface area contributed by atoms with Crippen molar-refractivity contribution in [3.63, 3.8) is 0 Å². The van der Waals surface area contributed by atoms with Gasteiger partial charge in [0.1, 0.15) is 23.4 Å². The van der Waals surface area contributed by atoms with Crippen LogP contribution in [-0.2, 0) is 18.4 Å². The molecular formula is C26H33N5O3. The van der Waals surface area contributed by atoms with Crippen molar-refractivity contribution in [3.05, 3.63) is 77.9 Å². The molecule has 180 valence electrons. The molecule has 8 nitrogen and oxygen atoms in total. The first-order chi connectivity index (χ1) is 16.6. The minimum atomic E-state index is -0.420. The molecule has 0 aliphatic carbocycles. The highest BCUT2D eigenvalue weighted by Crippen LogP contribution is 2.29. The van der Waals surface area contributed by atoms with E-state index in [2.05, 4.69) is 44.4 Å². The number of aryl methyl sites for hydroxylation is 1. The summed E-state index contributed by atoms with van der Waals surface area (Å²) in [7, 11) is 5.15. The number of hydrogen-bond acceptors (Lipinski definition) is 6. The molecule has 1 aliphatic heterocycles. The van der Waals surface area contributed by atoms with Gasteiger partial charge in [-0.25, -0.2) is 4.98 Å². The number of rotatable bonds is 9. The second kappa shape index (κ2) is 11.2. The van der Waals surface area contributed by atoms with E-state index in [1.165, 1.54) is 5.56 Å². The van der Waals surface area contributed by atoms with E-state index >= 15 is 0 Å². The molecule has 1 aliphatic rings. The number of imidazole rings is 1. The van der Waals surface area contributed by atoms with Gasteiger partial charge in [0.05, 0.1) is 20.8 Å². The maximum Gasteiger partial charge on any atom is 0.235 e. The van der Waals surface area contributed by atoms with E-state index in [0.29, 0.717) is 18.0 Å². The molecule has 3 aromatic rings. The van der Waals surface area contributed by atoms with Gasteiger partial charge in [-0.2, -0.15) is 0 Å². The molecule has 34 heavy (non-hydrogen) atoms. The predicted octanol–water partition coefficient (Wildman–Crippen LogP) is 2.46. The van der Waals surface area contributed by atoms with Crippen molar-refractivity contribution in [2.75, 3.05) is 46.9 Å². The number of nitrogens with one attached hydrogen (secondary N) is 1. The number of aromatic nitrogens is 2. The van der Waals surface area contributed by atoms with Crippen LogP contribution in [0.1, 0.15) is 23.0 Å². The van der Waals surface area contributed by atoms with Gasteiger partial charge in [-0.15, -0.1) is 0 Å². The monoisotopic (exact) mass is 463 g/mol. The largest absolute Gasteiger partial charge is 0.497 e. The van der Waals surface area contributed by atoms with Crippen molar-refractivity contribution >= 4 is 5.91 Å². The van der Waals surface area contributed by atoms with Crippen LogP contribution in [0.4, 0.5) is 0 Å². The number of nitrogens with zero attached hydrogens (tertiary/aromatic N) is 4. The lowest BCUT2D eigenvalue weighted by molar-refractivity contribution is -0.123. The molecule has 2 heterocycles. The third kappa shape index (κ3) is 5.95. The highest BCUT2D eigenvalue weighted by Gasteiger charge is 2.25. The minimum absolute atomic E-state index is 0.0358. The van der Waals surface area contributed by atoms with Crippen molar-refractivity contribution in [2.45, 2.75) is 12.6 Å². The van der Waals surface area contributed by atoms with Crippen molar-refractivity contribution in [1.29, 1.82) is 0 Å². The van der Waals surface area contributed by atoms with Gasteiger partial charge in [0.25, 0.3) is 0 Å². The van der Waals surface area contributed by atoms with Crippen molar-refractivity contribution < 1.29 is 14.3 Å². The third-order valence-corrected chi connectivity index (χ3v) is 6.21. The van der Waals surface area contributed by atoms with E-state index in [-0.39, 0.29) is 5.91 Å². The maximum atomic E-state index is 13.1. The number of ether oxygens (including phenoxy) is 2. The average Bonchev–Trinajstić information content (AvgIpc) is 3.29. The summed E-state index contributed by atoms with van der Waals surface area (Å²) in [5.41, 5.74) is 2.17. The molecule has 1 N–H and O–H groups in total. The van der Waals surface area contributed by atoms with Crippen LogP contribution in [0.2, 0.25) is 0 Å². The first kappa shape index (κ1) is 23.8. The fraction of sp³-hybridized carbons (Fsp3) is 0.385. The van der Waals surface area contributed by atoms with Crippen LogP contribution < -0.4 is 14.8 Å². The highest BCUT2D eigenvalue weighted by atomic mass is 16.5. The number of piperazine rings is 1. The summed E-state index contributed by atoms with van der Waals surface area (Å²) in [6.07, 6.45) is 3.61. The Balaban J connectivity index is 1.41. The van der Waals surface area contributed by atoms with Crippen molar-refractivity contribution in [2.24, 2.45) is 7.05 Å². The molecular weight excluding hydrogens is 430 g/mol. The maximum absolute atomic E-state index is 13.1. The molecule has 1 unspecified atom stereocenters. The zero-order valence-electron chi connectivity index (χ0n) is 20.1. The molecule has 0 spiro atoms. The second-order valence-corrected chi connectivity index (χ2v) is 8.58. The number of carbonyl (C=O) groups is 1. The Labute approximate surface area is 201 Å². The topological polar surface area (TPSA) is 71.9 Å². The van der Waals surface area contributed by atoms with Crippen LogP contribution in [0.5, 0.6) is 11.5 Å². The minimum Gasteiger partial charge on any atom is -0.497 e. The number of carbonyl (C=O) groups excluding carboxylic acids is 1. The van der Waals surface area contributed by atoms with Gasteiger partial charge in [0.15, 0.2) is 0 Å². The molecule has 0 bridgehead atoms. The molecule has 0 saturated carbocycles. The molecule has 8 heteroatoms. The van der Waals surface area contributed by atoms with Crippen molar-refractivity contribution in [1.82, 2.24) is 24.7 Å². The van der Waals surface area contributed by atoms with Crippen molar-refractivity contribution in [3.8, 4) is 11.5 Å². The first-order valence-corrected chi connectivity index (χ1v) is 11.5. The zero-order valence-corrected chi connectivity index (χ0v) is 20.1. The second-order valence-electron chi connectivity index (χ2n) is 8.58. The quantitative estimate of drug-likeness (QED) is 0.526. The summed E-state index contributed by atoms with van der Waals surface area (Å²) in [6.45, 7) is 4.90. The number of amides is 1. The summed E-state index contributed by atoms with van der Waals surface area (Å²) >= 11 is 0. The lowest BCUT2D eigenvalue weighted by atomic mass is 10.0. The summed E-state index contributed by atoms with van der Waals surface area (Å²) in [5, 5.41) is 3.19. The smallest absolute Gasteiger partial charge is 0.235 e. The normalized spacial score (nSPS) is 15.6. The van der Waals surface area contributed by atoms with Crippen LogP contribution >= 0.6 is 0 Å². The number of benzene rings is 2. The molecule has 1 aromatic heterocycles. The summed E-state index contributed by atoms with van der Waals surface area (Å²) in [6, 6.07) is 15.7. The fourth-order valence-corrected chi connectivity index (χ4v) is 4.31. The molecule has 0 radical (unpaired) electrons. The van der Waals surface area contributed by atoms with Gasteiger partial charge in [-0.05, 0) is 23.3 Å². The SMILES string of the molecule is COc1cc(OC)cc(C(NC(=O)CN2CCN(Cc3ccccc3)CC2)c2nccn2C)c1. The van der Waals surface area contributed by atoms with Crippen LogP contribution in [-0.4, -0.2) is 72.2 Å². The van der Waals surface area contributed by atoms with Crippen LogP contribution in [0.3, 0.4) is 0 Å². The fourth-order valence-electron chi connectivity index (χ4n) is 4.31. The van der Waals surface area contributed by atoms with Gasteiger partial charge < -0.3 is 19.4 Å². The zero-order chi connectivity index (χ0) is 23.9. The molecule has 1 fully saturated rings. The molecule has 1 atom stereocenters. The van der Waals surface area contributed by atoms with E-state index < -0.39 is 6.04 Å². The van der Waals surface area contributed by atoms with E-state index in [1.807, 2.05) is 42.1 Å². The lowest BCUT2D eigenvalue weighted by Crippen LogP contribution is -2.49. The van der Waals surface area contributed by atoms with Gasteiger partial charge in [0.2, 0.25) is 5.91 Å². The first-order valence-electron chi connectivity index (χ1n) is 11.5. The summed E-state index contributed by atoms with van der Waals surface area (Å²) < 4.78 is 12.8. The molecule has 1 saturated heterocycles. The summed E-state index contributed by atoms with van der Waals surface area (Å²) in [4.78, 5) is 22.3. The number of hydrogen-bond donors (Lipinski definition) is 1. The molecule has 4 rings (SSSR count). The Morgan fingerprint density at radius 2 is 1.65 bits per heavy atom. The Kier molecular flexibility index (Phi) is 7.82. The van der Waals surface area contributed by atoms with Gasteiger partial charge in [0, 0.05) is 58.2 Å². The predicted molar refractivity (Wildman–Crippen MR) is 131 cm³/mol. The van der Waals surface area contributed by atoms with E-state index in [1.54, 1.807) is 20.4 Å². The average molecular weight is 464 g/mol. The van der Waals surface area contributed by atoms with E-state index in [0.717, 1.165) is 44.1 Å². The third-order valence-electron chi connectivity index (χ3n) is 6.21. The van der Waals surface area contributed by atoms with E-state index in [9.17, 15) is 4.79 Å². The Morgan fingerprint density at radius 1 is 1.00 bits per heavy atom. The van der Waals surface area contributed by atoms with Gasteiger partial charge in [-0.3, -0.25) is 14.6 Å². The lowest BCUT2D eigenvalue weighted by Gasteiger charge is -2.34. The molecule has 1 amide bonds. The van der Waals surface area contributed by atoms with E-state index in [4.69, 9.17) is 9.47 Å². The number of methoxy groups -OCH3 is 2. The van der Waals surface area contributed by atoms with Crippen LogP contribution in [0.15, 0.2) is 60.9 Å². The Hall–Kier alpha value is -3.36. The summed E-state index contributed by atoms with van der Waals surface area (Å²) in [5.74, 6) is 2.04. The standard InChI is InChI=1S/C26H33N5O3/c1-29-10-9-27-26(29)25(21-15-22(33-2)17-23(16-21)34-3)28-24(32)19-31-13-11-30(12-14-31)18-20-7-5-4-6-8-20/h4-10,15-17,25H,11-14,18-19H2,1-3H3,(H,28,32). The Morgan fingerprint density at radius 3 is 2.24 bits per heavy atom. The Bertz CT molecular complexity index is 1050.